The Bertz CT molecular complexity index is 666. The van der Waals surface area contributed by atoms with E-state index in [1.54, 1.807) is 25.3 Å². The summed E-state index contributed by atoms with van der Waals surface area (Å²) in [6.45, 7) is 1.44. The van der Waals surface area contributed by atoms with Gasteiger partial charge in [-0.25, -0.2) is 4.79 Å². The Kier molecular flexibility index (Phi) is 3.89. The topological polar surface area (TPSA) is 78.6 Å². The van der Waals surface area contributed by atoms with Gasteiger partial charge in [0.25, 0.3) is 5.91 Å². The summed E-state index contributed by atoms with van der Waals surface area (Å²) in [7, 11) is 1.56. The third kappa shape index (κ3) is 2.56. The molecule has 1 amide bonds. The monoisotopic (exact) mass is 273 g/mol. The number of nitrogens with two attached hydrogens (primary N) is 1. The van der Waals surface area contributed by atoms with E-state index >= 15 is 0 Å². The van der Waals surface area contributed by atoms with Gasteiger partial charge in [0.1, 0.15) is 5.75 Å². The smallest absolute Gasteiger partial charge is 0.339 e. The maximum absolute atomic E-state index is 12.1. The highest BCUT2D eigenvalue weighted by Crippen LogP contribution is 2.28. The minimum atomic E-state index is -0.969. The van der Waals surface area contributed by atoms with E-state index in [-0.39, 0.29) is 0 Å². The van der Waals surface area contributed by atoms with Gasteiger partial charge in [-0.2, -0.15) is 0 Å². The van der Waals surface area contributed by atoms with Crippen LogP contribution in [0.1, 0.15) is 17.3 Å². The summed E-state index contributed by atoms with van der Waals surface area (Å²) >= 11 is 0. The number of hydrogen-bond donors (Lipinski definition) is 1. The fraction of sp³-hybridized carbons (Fsp3) is 0.200. The second-order valence-electron chi connectivity index (χ2n) is 4.31. The lowest BCUT2D eigenvalue weighted by atomic mass is 10.0. The van der Waals surface area contributed by atoms with Crippen LogP contribution < -0.4 is 10.5 Å². The van der Waals surface area contributed by atoms with Crippen LogP contribution in [-0.2, 0) is 9.53 Å². The first-order valence-electron chi connectivity index (χ1n) is 6.10. The third-order valence-electron chi connectivity index (χ3n) is 3.01. The molecule has 0 aliphatic rings. The molecule has 1 atom stereocenters. The van der Waals surface area contributed by atoms with E-state index in [4.69, 9.17) is 15.2 Å². The van der Waals surface area contributed by atoms with Gasteiger partial charge in [-0.05, 0) is 24.4 Å². The van der Waals surface area contributed by atoms with Gasteiger partial charge in [-0.1, -0.05) is 24.3 Å². The first-order valence-corrected chi connectivity index (χ1v) is 6.10. The fourth-order valence-corrected chi connectivity index (χ4v) is 1.91. The standard InChI is InChI=1S/C15H15NO4/c1-9(14(16)17)20-15(18)12-7-8-13(19-2)11-6-4-3-5-10(11)12/h3-9H,1-2H3,(H2,16,17)/t9-/m0/s1. The predicted octanol–water partition coefficient (Wildman–Crippen LogP) is 1.88. The van der Waals surface area contributed by atoms with Crippen molar-refractivity contribution >= 4 is 22.6 Å². The van der Waals surface area contributed by atoms with E-state index in [0.29, 0.717) is 16.7 Å². The molecule has 0 saturated carbocycles. The van der Waals surface area contributed by atoms with Crippen LogP contribution in [0.4, 0.5) is 0 Å². The lowest BCUT2D eigenvalue weighted by Gasteiger charge is -2.12. The number of carbonyl (C=O) groups is 2. The zero-order chi connectivity index (χ0) is 14.7. The Hall–Kier alpha value is -2.56. The summed E-state index contributed by atoms with van der Waals surface area (Å²) in [5.74, 6) is -0.605. The summed E-state index contributed by atoms with van der Waals surface area (Å²) in [4.78, 5) is 23.1. The molecule has 0 heterocycles. The molecule has 2 rings (SSSR count). The lowest BCUT2D eigenvalue weighted by Crippen LogP contribution is -2.30. The van der Waals surface area contributed by atoms with E-state index in [9.17, 15) is 9.59 Å². The van der Waals surface area contributed by atoms with Crippen LogP contribution in [0.15, 0.2) is 36.4 Å². The molecule has 5 nitrogen and oxygen atoms in total. The molecular formula is C15H15NO4. The number of rotatable bonds is 4. The summed E-state index contributed by atoms with van der Waals surface area (Å²) < 4.78 is 10.3. The van der Waals surface area contributed by atoms with E-state index < -0.39 is 18.0 Å². The summed E-state index contributed by atoms with van der Waals surface area (Å²) in [6, 6.07) is 10.6. The number of methoxy groups -OCH3 is 1. The lowest BCUT2D eigenvalue weighted by molar-refractivity contribution is -0.125. The molecule has 0 radical (unpaired) electrons. The molecule has 0 aliphatic heterocycles. The molecule has 0 fully saturated rings. The Balaban J connectivity index is 2.45. The van der Waals surface area contributed by atoms with Gasteiger partial charge < -0.3 is 15.2 Å². The molecule has 0 spiro atoms. The number of fused-ring (bicyclic) bond motifs is 1. The normalized spacial score (nSPS) is 11.9. The SMILES string of the molecule is COc1ccc(C(=O)O[C@@H](C)C(N)=O)c2ccccc12. The Morgan fingerprint density at radius 3 is 2.35 bits per heavy atom. The maximum Gasteiger partial charge on any atom is 0.339 e. The molecule has 2 N–H and O–H groups in total. The number of esters is 1. The average molecular weight is 273 g/mol. The van der Waals surface area contributed by atoms with Gasteiger partial charge in [-0.3, -0.25) is 4.79 Å². The first-order chi connectivity index (χ1) is 9.54. The molecule has 2 aromatic carbocycles. The van der Waals surface area contributed by atoms with Crippen LogP contribution in [0.5, 0.6) is 5.75 Å². The highest BCUT2D eigenvalue weighted by molar-refractivity contribution is 6.06. The highest BCUT2D eigenvalue weighted by atomic mass is 16.5. The van der Waals surface area contributed by atoms with Crippen LogP contribution in [0.25, 0.3) is 10.8 Å². The molecule has 0 unspecified atom stereocenters. The number of benzene rings is 2. The van der Waals surface area contributed by atoms with Crippen LogP contribution >= 0.6 is 0 Å². The van der Waals surface area contributed by atoms with E-state index in [2.05, 4.69) is 0 Å². The zero-order valence-corrected chi connectivity index (χ0v) is 11.3. The van der Waals surface area contributed by atoms with Crippen molar-refractivity contribution in [2.45, 2.75) is 13.0 Å². The van der Waals surface area contributed by atoms with Crippen LogP contribution in [0.3, 0.4) is 0 Å². The van der Waals surface area contributed by atoms with Crippen molar-refractivity contribution < 1.29 is 19.1 Å². The summed E-state index contributed by atoms with van der Waals surface area (Å²) in [5.41, 5.74) is 5.45. The molecule has 104 valence electrons. The van der Waals surface area contributed by atoms with Crippen molar-refractivity contribution in [1.29, 1.82) is 0 Å². The molecule has 0 aliphatic carbocycles. The minimum Gasteiger partial charge on any atom is -0.496 e. The van der Waals surface area contributed by atoms with Crippen molar-refractivity contribution in [3.05, 3.63) is 42.0 Å². The molecule has 0 saturated heterocycles. The number of hydrogen-bond acceptors (Lipinski definition) is 4. The molecule has 5 heteroatoms. The number of primary amides is 1. The fourth-order valence-electron chi connectivity index (χ4n) is 1.91. The Morgan fingerprint density at radius 2 is 1.75 bits per heavy atom. The van der Waals surface area contributed by atoms with Crippen molar-refractivity contribution in [1.82, 2.24) is 0 Å². The van der Waals surface area contributed by atoms with Crippen molar-refractivity contribution in [3.63, 3.8) is 0 Å². The van der Waals surface area contributed by atoms with Gasteiger partial charge in [-0.15, -0.1) is 0 Å². The van der Waals surface area contributed by atoms with Crippen LogP contribution in [0.2, 0.25) is 0 Å². The Morgan fingerprint density at radius 1 is 1.10 bits per heavy atom. The molecule has 0 bridgehead atoms. The van der Waals surface area contributed by atoms with Crippen molar-refractivity contribution in [3.8, 4) is 5.75 Å². The quantitative estimate of drug-likeness (QED) is 0.863. The van der Waals surface area contributed by atoms with E-state index in [0.717, 1.165) is 5.39 Å². The van der Waals surface area contributed by atoms with Crippen molar-refractivity contribution in [2.24, 2.45) is 5.73 Å². The van der Waals surface area contributed by atoms with Crippen molar-refractivity contribution in [2.75, 3.05) is 7.11 Å². The van der Waals surface area contributed by atoms with Crippen LogP contribution in [-0.4, -0.2) is 25.1 Å². The average Bonchev–Trinajstić information content (AvgIpc) is 2.45. The largest absolute Gasteiger partial charge is 0.496 e. The van der Waals surface area contributed by atoms with Crippen LogP contribution in [0, 0.1) is 0 Å². The van der Waals surface area contributed by atoms with E-state index in [1.807, 2.05) is 18.2 Å². The summed E-state index contributed by atoms with van der Waals surface area (Å²) in [6.07, 6.45) is -0.969. The van der Waals surface area contributed by atoms with Gasteiger partial charge in [0.2, 0.25) is 0 Å². The first kappa shape index (κ1) is 13.9. The highest BCUT2D eigenvalue weighted by Gasteiger charge is 2.19. The van der Waals surface area contributed by atoms with Gasteiger partial charge >= 0.3 is 5.97 Å². The Labute approximate surface area is 116 Å². The maximum atomic E-state index is 12.1. The number of ether oxygens (including phenoxy) is 2. The minimum absolute atomic E-state index is 0.370. The van der Waals surface area contributed by atoms with Gasteiger partial charge in [0, 0.05) is 5.39 Å². The molecule has 0 aromatic heterocycles. The third-order valence-corrected chi connectivity index (χ3v) is 3.01. The second-order valence-corrected chi connectivity index (χ2v) is 4.31. The molecule has 2 aromatic rings. The number of amides is 1. The molecule has 20 heavy (non-hydrogen) atoms. The second kappa shape index (κ2) is 5.61. The van der Waals surface area contributed by atoms with Gasteiger partial charge in [0.15, 0.2) is 6.10 Å². The molecular weight excluding hydrogens is 258 g/mol. The summed E-state index contributed by atoms with van der Waals surface area (Å²) in [5, 5.41) is 1.50. The zero-order valence-electron chi connectivity index (χ0n) is 11.3. The predicted molar refractivity (Wildman–Crippen MR) is 74.6 cm³/mol. The number of carbonyl (C=O) groups excluding carboxylic acids is 2. The van der Waals surface area contributed by atoms with Gasteiger partial charge in [0.05, 0.1) is 12.7 Å². The van der Waals surface area contributed by atoms with E-state index in [1.165, 1.54) is 6.92 Å².